The number of hydrogen-bond acceptors (Lipinski definition) is 6. The zero-order chi connectivity index (χ0) is 21.1. The summed E-state index contributed by atoms with van der Waals surface area (Å²) >= 11 is 0. The van der Waals surface area contributed by atoms with Crippen LogP contribution in [-0.4, -0.2) is 36.2 Å². The second-order valence-electron chi connectivity index (χ2n) is 7.68. The standard InChI is InChI=1S/C23H26N4O3/c1-15-4-7-19(14-16(15)2)24-22(28)18-10-12-27(13-11-18)23-25-21(26-30-23)17-5-8-20(29-3)9-6-17/h4-9,14,18H,10-13H2,1-3H3,(H,24,28). The maximum atomic E-state index is 12.7. The molecule has 0 radical (unpaired) electrons. The molecule has 2 heterocycles. The Morgan fingerprint density at radius 2 is 1.83 bits per heavy atom. The second-order valence-corrected chi connectivity index (χ2v) is 7.68. The molecule has 1 aliphatic heterocycles. The van der Waals surface area contributed by atoms with E-state index in [2.05, 4.69) is 22.4 Å². The minimum atomic E-state index is -0.0214. The van der Waals surface area contributed by atoms with E-state index in [0.717, 1.165) is 29.8 Å². The van der Waals surface area contributed by atoms with Crippen LogP contribution in [0.15, 0.2) is 47.0 Å². The summed E-state index contributed by atoms with van der Waals surface area (Å²) in [5.41, 5.74) is 4.11. The van der Waals surface area contributed by atoms with Crippen molar-refractivity contribution in [3.63, 3.8) is 0 Å². The van der Waals surface area contributed by atoms with Crippen molar-refractivity contribution in [2.75, 3.05) is 30.4 Å². The second kappa shape index (κ2) is 8.57. The number of rotatable bonds is 5. The van der Waals surface area contributed by atoms with Crippen LogP contribution in [0.25, 0.3) is 11.4 Å². The highest BCUT2D eigenvalue weighted by atomic mass is 16.5. The Morgan fingerprint density at radius 1 is 1.10 bits per heavy atom. The highest BCUT2D eigenvalue weighted by molar-refractivity contribution is 5.92. The minimum Gasteiger partial charge on any atom is -0.497 e. The summed E-state index contributed by atoms with van der Waals surface area (Å²) in [4.78, 5) is 19.2. The van der Waals surface area contributed by atoms with E-state index in [9.17, 15) is 4.79 Å². The van der Waals surface area contributed by atoms with Gasteiger partial charge in [-0.1, -0.05) is 11.2 Å². The van der Waals surface area contributed by atoms with Crippen LogP contribution in [0.4, 0.5) is 11.7 Å². The summed E-state index contributed by atoms with van der Waals surface area (Å²) in [5, 5.41) is 7.14. The molecule has 1 N–H and O–H groups in total. The molecule has 1 amide bonds. The first-order valence-corrected chi connectivity index (χ1v) is 10.1. The zero-order valence-electron chi connectivity index (χ0n) is 17.5. The molecule has 1 aromatic heterocycles. The molecule has 4 rings (SSSR count). The number of aromatic nitrogens is 2. The quantitative estimate of drug-likeness (QED) is 0.683. The fourth-order valence-corrected chi connectivity index (χ4v) is 3.60. The monoisotopic (exact) mass is 406 g/mol. The minimum absolute atomic E-state index is 0.0214. The molecule has 3 aromatic rings. The van der Waals surface area contributed by atoms with Crippen LogP contribution < -0.4 is 15.0 Å². The molecule has 156 valence electrons. The average Bonchev–Trinajstić information content (AvgIpc) is 3.27. The zero-order valence-corrected chi connectivity index (χ0v) is 17.5. The average molecular weight is 406 g/mol. The third-order valence-corrected chi connectivity index (χ3v) is 5.67. The Labute approximate surface area is 176 Å². The number of nitrogens with one attached hydrogen (secondary N) is 1. The molecule has 2 aromatic carbocycles. The molecule has 1 aliphatic rings. The van der Waals surface area contributed by atoms with Crippen molar-refractivity contribution in [1.82, 2.24) is 10.1 Å². The molecule has 0 aliphatic carbocycles. The number of benzene rings is 2. The Hall–Kier alpha value is -3.35. The summed E-state index contributed by atoms with van der Waals surface area (Å²) in [6.07, 6.45) is 1.49. The van der Waals surface area contributed by atoms with Crippen LogP contribution >= 0.6 is 0 Å². The van der Waals surface area contributed by atoms with Gasteiger partial charge in [0.1, 0.15) is 5.75 Å². The molecule has 0 spiro atoms. The van der Waals surface area contributed by atoms with E-state index in [0.29, 0.717) is 24.9 Å². The number of piperidine rings is 1. The fourth-order valence-electron chi connectivity index (χ4n) is 3.60. The van der Waals surface area contributed by atoms with Gasteiger partial charge in [0.05, 0.1) is 7.11 Å². The number of carbonyl (C=O) groups is 1. The maximum absolute atomic E-state index is 12.7. The van der Waals surface area contributed by atoms with E-state index in [1.807, 2.05) is 54.3 Å². The number of ether oxygens (including phenoxy) is 1. The molecule has 7 nitrogen and oxygen atoms in total. The van der Waals surface area contributed by atoms with E-state index in [1.165, 1.54) is 11.1 Å². The summed E-state index contributed by atoms with van der Waals surface area (Å²) in [5.74, 6) is 1.38. The first kappa shape index (κ1) is 19.9. The molecule has 1 saturated heterocycles. The van der Waals surface area contributed by atoms with Crippen molar-refractivity contribution in [3.05, 3.63) is 53.6 Å². The van der Waals surface area contributed by atoms with Crippen molar-refractivity contribution < 1.29 is 14.1 Å². The topological polar surface area (TPSA) is 80.5 Å². The number of aryl methyl sites for hydroxylation is 2. The lowest BCUT2D eigenvalue weighted by Crippen LogP contribution is -2.38. The van der Waals surface area contributed by atoms with Gasteiger partial charge < -0.3 is 19.5 Å². The molecular weight excluding hydrogens is 380 g/mol. The van der Waals surface area contributed by atoms with Crippen LogP contribution in [0, 0.1) is 19.8 Å². The van der Waals surface area contributed by atoms with Crippen molar-refractivity contribution in [2.24, 2.45) is 5.92 Å². The van der Waals surface area contributed by atoms with Gasteiger partial charge in [0.2, 0.25) is 11.7 Å². The van der Waals surface area contributed by atoms with Crippen LogP contribution in [-0.2, 0) is 4.79 Å². The summed E-state index contributed by atoms with van der Waals surface area (Å²) in [7, 11) is 1.63. The van der Waals surface area contributed by atoms with Crippen LogP contribution in [0.3, 0.4) is 0 Å². The number of anilines is 2. The summed E-state index contributed by atoms with van der Waals surface area (Å²) in [6.45, 7) is 5.52. The van der Waals surface area contributed by atoms with Crippen LogP contribution in [0.2, 0.25) is 0 Å². The Bertz CT molecular complexity index is 1020. The van der Waals surface area contributed by atoms with Crippen molar-refractivity contribution in [3.8, 4) is 17.1 Å². The van der Waals surface area contributed by atoms with Crippen molar-refractivity contribution in [2.45, 2.75) is 26.7 Å². The third-order valence-electron chi connectivity index (χ3n) is 5.67. The first-order chi connectivity index (χ1) is 14.5. The number of hydrogen-bond donors (Lipinski definition) is 1. The number of methoxy groups -OCH3 is 1. The van der Waals surface area contributed by atoms with Gasteiger partial charge in [-0.05, 0) is 74.2 Å². The highest BCUT2D eigenvalue weighted by Gasteiger charge is 2.27. The van der Waals surface area contributed by atoms with Crippen LogP contribution in [0.1, 0.15) is 24.0 Å². The SMILES string of the molecule is COc1ccc(-c2noc(N3CCC(C(=O)Nc4ccc(C)c(C)c4)CC3)n2)cc1. The summed E-state index contributed by atoms with van der Waals surface area (Å²) in [6, 6.07) is 14.0. The van der Waals surface area contributed by atoms with Gasteiger partial charge in [-0.3, -0.25) is 4.79 Å². The number of carbonyl (C=O) groups excluding carboxylic acids is 1. The molecule has 7 heteroatoms. The van der Waals surface area contributed by atoms with Gasteiger partial charge in [-0.25, -0.2) is 0 Å². The third kappa shape index (κ3) is 4.30. The highest BCUT2D eigenvalue weighted by Crippen LogP contribution is 2.26. The molecule has 30 heavy (non-hydrogen) atoms. The predicted octanol–water partition coefficient (Wildman–Crippen LogP) is 4.22. The van der Waals surface area contributed by atoms with Gasteiger partial charge in [0, 0.05) is 30.3 Å². The van der Waals surface area contributed by atoms with Gasteiger partial charge in [-0.15, -0.1) is 0 Å². The van der Waals surface area contributed by atoms with Crippen molar-refractivity contribution in [1.29, 1.82) is 0 Å². The number of nitrogens with zero attached hydrogens (tertiary/aromatic N) is 3. The van der Waals surface area contributed by atoms with Gasteiger partial charge >= 0.3 is 6.01 Å². The molecule has 0 saturated carbocycles. The van der Waals surface area contributed by atoms with E-state index < -0.39 is 0 Å². The molecular formula is C23H26N4O3. The van der Waals surface area contributed by atoms with E-state index in [1.54, 1.807) is 7.11 Å². The molecule has 0 unspecified atom stereocenters. The Morgan fingerprint density at radius 3 is 2.50 bits per heavy atom. The molecule has 1 fully saturated rings. The van der Waals surface area contributed by atoms with E-state index in [-0.39, 0.29) is 11.8 Å². The lowest BCUT2D eigenvalue weighted by molar-refractivity contribution is -0.120. The largest absolute Gasteiger partial charge is 0.497 e. The first-order valence-electron chi connectivity index (χ1n) is 10.1. The fraction of sp³-hybridized carbons (Fsp3) is 0.348. The molecule has 0 bridgehead atoms. The smallest absolute Gasteiger partial charge is 0.324 e. The Kier molecular flexibility index (Phi) is 5.70. The number of amides is 1. The summed E-state index contributed by atoms with van der Waals surface area (Å²) < 4.78 is 10.6. The van der Waals surface area contributed by atoms with E-state index >= 15 is 0 Å². The Balaban J connectivity index is 1.34. The predicted molar refractivity (Wildman–Crippen MR) is 116 cm³/mol. The lowest BCUT2D eigenvalue weighted by atomic mass is 9.96. The lowest BCUT2D eigenvalue weighted by Gasteiger charge is -2.29. The van der Waals surface area contributed by atoms with E-state index in [4.69, 9.17) is 9.26 Å². The maximum Gasteiger partial charge on any atom is 0.324 e. The molecule has 0 atom stereocenters. The van der Waals surface area contributed by atoms with Gasteiger partial charge in [0.25, 0.3) is 0 Å². The van der Waals surface area contributed by atoms with Crippen molar-refractivity contribution >= 4 is 17.6 Å². The van der Waals surface area contributed by atoms with Gasteiger partial charge in [0.15, 0.2) is 0 Å². The normalized spacial score (nSPS) is 14.6. The van der Waals surface area contributed by atoms with Gasteiger partial charge in [-0.2, -0.15) is 4.98 Å². The van der Waals surface area contributed by atoms with Crippen LogP contribution in [0.5, 0.6) is 5.75 Å².